The average Bonchev–Trinajstić information content (AvgIpc) is 3.70. The molecule has 2 aliphatic rings. The number of hydrogen-bond donors (Lipinski definition) is 1. The zero-order chi connectivity index (χ0) is 30.1. The van der Waals surface area contributed by atoms with Crippen molar-refractivity contribution in [3.63, 3.8) is 0 Å². The van der Waals surface area contributed by atoms with Gasteiger partial charge in [-0.2, -0.15) is 0 Å². The van der Waals surface area contributed by atoms with E-state index in [1.165, 1.54) is 28.0 Å². The summed E-state index contributed by atoms with van der Waals surface area (Å²) in [5.74, 6) is -0.0709. The van der Waals surface area contributed by atoms with Crippen molar-refractivity contribution < 1.29 is 24.2 Å². The molecule has 1 fully saturated rings. The van der Waals surface area contributed by atoms with Gasteiger partial charge < -0.3 is 14.6 Å². The lowest BCUT2D eigenvalue weighted by atomic mass is 9.94. The van der Waals surface area contributed by atoms with Gasteiger partial charge >= 0.3 is 5.91 Å². The number of aliphatic hydroxyl groups excluding tert-OH is 1. The number of halogens is 1. The smallest absolute Gasteiger partial charge is 0.301 e. The van der Waals surface area contributed by atoms with Crippen LogP contribution in [0.4, 0.5) is 5.13 Å². The van der Waals surface area contributed by atoms with Crippen molar-refractivity contribution in [3.05, 3.63) is 112 Å². The summed E-state index contributed by atoms with van der Waals surface area (Å²) >= 11 is 8.93. The second kappa shape index (κ2) is 12.2. The zero-order valence-electron chi connectivity index (χ0n) is 23.0. The van der Waals surface area contributed by atoms with E-state index in [2.05, 4.69) is 16.8 Å². The number of nitrogens with zero attached hydrogens (tertiary/aromatic N) is 3. The van der Waals surface area contributed by atoms with Crippen LogP contribution >= 0.6 is 34.7 Å². The van der Waals surface area contributed by atoms with E-state index in [9.17, 15) is 14.7 Å². The number of benzene rings is 3. The summed E-state index contributed by atoms with van der Waals surface area (Å²) in [7, 11) is 0. The third-order valence-corrected chi connectivity index (χ3v) is 9.54. The minimum Gasteiger partial charge on any atom is -0.507 e. The molecule has 0 saturated carbocycles. The van der Waals surface area contributed by atoms with Crippen LogP contribution in [-0.2, 0) is 21.8 Å². The van der Waals surface area contributed by atoms with Crippen LogP contribution in [0.5, 0.6) is 11.5 Å². The first kappa shape index (κ1) is 29.0. The topological polar surface area (TPSA) is 102 Å². The number of ketones is 1. The molecule has 3 heterocycles. The molecule has 1 amide bonds. The molecule has 43 heavy (non-hydrogen) atoms. The van der Waals surface area contributed by atoms with Gasteiger partial charge in [0.1, 0.15) is 30.0 Å². The Morgan fingerprint density at radius 2 is 2.02 bits per heavy atom. The molecular weight excluding hydrogens is 606 g/mol. The molecule has 218 valence electrons. The van der Waals surface area contributed by atoms with Gasteiger partial charge in [-0.25, -0.2) is 0 Å². The number of fused-ring (bicyclic) bond motifs is 1. The number of rotatable bonds is 9. The van der Waals surface area contributed by atoms with Crippen molar-refractivity contribution in [2.24, 2.45) is 0 Å². The lowest BCUT2D eigenvalue weighted by molar-refractivity contribution is -0.132. The average molecular weight is 632 g/mol. The standard InChI is InChI=1S/C32H26ClN3O5S2/c1-3-13-40-23-9-6-8-19(16-23)27-26(28(37)20-11-12-25-22(15-20)14-18(2)41-25)29(38)30(39)36(27)31-34-35-32(43-31)42-17-21-7-4-5-10-24(21)33/h3-12,15-16,18,27,37H,1,13-14,17H2,2H3/t18-,27-/m1/s1. The minimum atomic E-state index is -0.968. The SMILES string of the molecule is C=CCOc1cccc([C@@H]2C(=C(O)c3ccc4c(c3)C[C@@H](C)O4)C(=O)C(=O)N2c2nnc(SCc3ccccc3Cl)s2)c1. The first-order valence-corrected chi connectivity index (χ1v) is 15.7. The molecule has 3 aromatic carbocycles. The van der Waals surface area contributed by atoms with Crippen LogP contribution in [0, 0.1) is 0 Å². The predicted octanol–water partition coefficient (Wildman–Crippen LogP) is 7.00. The lowest BCUT2D eigenvalue weighted by Gasteiger charge is -2.23. The third-order valence-electron chi connectivity index (χ3n) is 7.07. The predicted molar refractivity (Wildman–Crippen MR) is 168 cm³/mol. The lowest BCUT2D eigenvalue weighted by Crippen LogP contribution is -2.29. The van der Waals surface area contributed by atoms with Gasteiger partial charge in [0.05, 0.1) is 11.6 Å². The number of Topliss-reactive ketones (excluding diaryl/α,β-unsaturated/α-hetero) is 1. The maximum Gasteiger partial charge on any atom is 0.301 e. The molecule has 4 aromatic rings. The van der Waals surface area contributed by atoms with Gasteiger partial charge in [-0.05, 0) is 60.0 Å². The highest BCUT2D eigenvalue weighted by Crippen LogP contribution is 2.45. The fourth-order valence-corrected chi connectivity index (χ4v) is 7.27. The number of aliphatic hydroxyl groups is 1. The van der Waals surface area contributed by atoms with Gasteiger partial charge in [0.2, 0.25) is 5.13 Å². The summed E-state index contributed by atoms with van der Waals surface area (Å²) in [6.45, 7) is 5.94. The maximum atomic E-state index is 13.6. The first-order chi connectivity index (χ1) is 20.8. The molecule has 0 aliphatic carbocycles. The van der Waals surface area contributed by atoms with Crippen molar-refractivity contribution in [1.82, 2.24) is 10.2 Å². The molecule has 11 heteroatoms. The van der Waals surface area contributed by atoms with Crippen LogP contribution in [0.1, 0.15) is 35.2 Å². The van der Waals surface area contributed by atoms with Crippen molar-refractivity contribution in [2.75, 3.05) is 11.5 Å². The van der Waals surface area contributed by atoms with E-state index in [1.807, 2.05) is 31.2 Å². The van der Waals surface area contributed by atoms with Crippen molar-refractivity contribution >= 4 is 57.3 Å². The Morgan fingerprint density at radius 3 is 2.84 bits per heavy atom. The van der Waals surface area contributed by atoms with Gasteiger partial charge in [-0.1, -0.05) is 77.7 Å². The molecule has 2 aliphatic heterocycles. The van der Waals surface area contributed by atoms with Gasteiger partial charge in [-0.3, -0.25) is 14.5 Å². The van der Waals surface area contributed by atoms with Crippen LogP contribution in [0.15, 0.2) is 89.3 Å². The van der Waals surface area contributed by atoms with Crippen LogP contribution in [0.25, 0.3) is 5.76 Å². The number of ether oxygens (including phenoxy) is 2. The second-order valence-electron chi connectivity index (χ2n) is 10.0. The molecule has 0 bridgehead atoms. The normalized spacial score (nSPS) is 18.9. The quantitative estimate of drug-likeness (QED) is 0.0526. The summed E-state index contributed by atoms with van der Waals surface area (Å²) in [5.41, 5.74) is 2.81. The van der Waals surface area contributed by atoms with Gasteiger partial charge in [-0.15, -0.1) is 10.2 Å². The molecular formula is C32H26ClN3O5S2. The van der Waals surface area contributed by atoms with E-state index in [0.29, 0.717) is 38.4 Å². The molecule has 1 saturated heterocycles. The Kier molecular flexibility index (Phi) is 8.25. The summed E-state index contributed by atoms with van der Waals surface area (Å²) in [6, 6.07) is 18.9. The van der Waals surface area contributed by atoms with Crippen LogP contribution < -0.4 is 14.4 Å². The highest BCUT2D eigenvalue weighted by atomic mass is 35.5. The van der Waals surface area contributed by atoms with E-state index in [4.69, 9.17) is 21.1 Å². The molecule has 8 nitrogen and oxygen atoms in total. The van der Waals surface area contributed by atoms with Crippen molar-refractivity contribution in [1.29, 1.82) is 0 Å². The molecule has 0 unspecified atom stereocenters. The number of anilines is 1. The minimum absolute atomic E-state index is 0.0127. The molecule has 1 aromatic heterocycles. The van der Waals surface area contributed by atoms with E-state index < -0.39 is 17.7 Å². The number of hydrogen-bond acceptors (Lipinski definition) is 9. The van der Waals surface area contributed by atoms with Crippen molar-refractivity contribution in [2.45, 2.75) is 35.6 Å². The number of carbonyl (C=O) groups excluding carboxylic acids is 2. The Hall–Kier alpha value is -4.12. The van der Waals surface area contributed by atoms with E-state index in [1.54, 1.807) is 48.5 Å². The largest absolute Gasteiger partial charge is 0.507 e. The fourth-order valence-electron chi connectivity index (χ4n) is 5.11. The zero-order valence-corrected chi connectivity index (χ0v) is 25.4. The van der Waals surface area contributed by atoms with Gasteiger partial charge in [0.25, 0.3) is 5.78 Å². The molecule has 1 N–H and O–H groups in total. The second-order valence-corrected chi connectivity index (χ2v) is 12.6. The number of carbonyl (C=O) groups is 2. The summed E-state index contributed by atoms with van der Waals surface area (Å²) in [5, 5.41) is 21.1. The van der Waals surface area contributed by atoms with Crippen molar-refractivity contribution in [3.8, 4) is 11.5 Å². The summed E-state index contributed by atoms with van der Waals surface area (Å²) in [4.78, 5) is 28.6. The van der Waals surface area contributed by atoms with Gasteiger partial charge in [0, 0.05) is 22.8 Å². The number of thioether (sulfide) groups is 1. The summed E-state index contributed by atoms with van der Waals surface area (Å²) < 4.78 is 12.1. The number of amides is 1. The Balaban J connectivity index is 1.40. The maximum absolute atomic E-state index is 13.6. The van der Waals surface area contributed by atoms with Crippen LogP contribution in [0.2, 0.25) is 5.02 Å². The third kappa shape index (κ3) is 5.78. The van der Waals surface area contributed by atoms with E-state index >= 15 is 0 Å². The molecule has 2 atom stereocenters. The number of aromatic nitrogens is 2. The summed E-state index contributed by atoms with van der Waals surface area (Å²) in [6.07, 6.45) is 2.31. The highest BCUT2D eigenvalue weighted by molar-refractivity contribution is 8.00. The van der Waals surface area contributed by atoms with Gasteiger partial charge in [0.15, 0.2) is 4.34 Å². The van der Waals surface area contributed by atoms with Crippen LogP contribution in [0.3, 0.4) is 0 Å². The van der Waals surface area contributed by atoms with E-state index in [-0.39, 0.29) is 29.2 Å². The fraction of sp³-hybridized carbons (Fsp3) is 0.188. The molecule has 0 radical (unpaired) electrons. The van der Waals surface area contributed by atoms with E-state index in [0.717, 1.165) is 16.9 Å². The highest BCUT2D eigenvalue weighted by Gasteiger charge is 2.48. The monoisotopic (exact) mass is 631 g/mol. The van der Waals surface area contributed by atoms with Crippen LogP contribution in [-0.4, -0.2) is 39.7 Å². The Labute approximate surface area is 261 Å². The Morgan fingerprint density at radius 1 is 1.19 bits per heavy atom. The molecule has 6 rings (SSSR count). The first-order valence-electron chi connectivity index (χ1n) is 13.5. The molecule has 0 spiro atoms. The Bertz CT molecular complexity index is 1770.